The first kappa shape index (κ1) is 44.2. The third-order valence-electron chi connectivity index (χ3n) is 11.1. The molecule has 1 rings (SSSR count). The lowest BCUT2D eigenvalue weighted by Crippen LogP contribution is -2.41. The van der Waals surface area contributed by atoms with Crippen molar-refractivity contribution in [1.29, 1.82) is 0 Å². The average molecular weight is 658 g/mol. The molecular weight excluding hydrogens is 569 g/mol. The molecule has 2 nitrogen and oxygen atoms in total. The number of aromatic nitrogens is 2. The first-order chi connectivity index (χ1) is 23.2. The van der Waals surface area contributed by atoms with Crippen molar-refractivity contribution in [3.63, 3.8) is 0 Å². The molecule has 0 aliphatic rings. The highest BCUT2D eigenvalue weighted by Crippen LogP contribution is 2.27. The van der Waals surface area contributed by atoms with Crippen LogP contribution in [0.3, 0.4) is 0 Å². The molecule has 0 amide bonds. The van der Waals surface area contributed by atoms with Crippen LogP contribution in [0.25, 0.3) is 0 Å². The van der Waals surface area contributed by atoms with Gasteiger partial charge in [-0.15, -0.1) is 0 Å². The monoisotopic (exact) mass is 658 g/mol. The van der Waals surface area contributed by atoms with E-state index in [2.05, 4.69) is 49.6 Å². The van der Waals surface area contributed by atoms with Crippen LogP contribution in [0.4, 0.5) is 0 Å². The molecule has 1 N–H and O–H groups in total. The lowest BCUT2D eigenvalue weighted by Gasteiger charge is -2.17. The Hall–Kier alpha value is -0.790. The molecule has 0 fully saturated rings. The fourth-order valence-corrected chi connectivity index (χ4v) is 7.84. The van der Waals surface area contributed by atoms with Crippen LogP contribution in [0.2, 0.25) is 0 Å². The molecule has 0 aromatic carbocycles. The molecule has 0 saturated heterocycles. The number of unbranched alkanes of at least 4 members (excludes halogenated alkanes) is 30. The van der Waals surface area contributed by atoms with Crippen LogP contribution in [0.15, 0.2) is 12.4 Å². The Morgan fingerprint density at radius 1 is 0.404 bits per heavy atom. The van der Waals surface area contributed by atoms with Crippen molar-refractivity contribution in [3.05, 3.63) is 18.2 Å². The van der Waals surface area contributed by atoms with Crippen molar-refractivity contribution >= 4 is 0 Å². The number of nitrogens with zero attached hydrogens (tertiary/aromatic N) is 1. The number of rotatable bonds is 38. The first-order valence-corrected chi connectivity index (χ1v) is 22.3. The lowest BCUT2D eigenvalue weighted by atomic mass is 9.92. The average Bonchev–Trinajstić information content (AvgIpc) is 3.57. The highest BCUT2D eigenvalue weighted by Gasteiger charge is 2.25. The van der Waals surface area contributed by atoms with Gasteiger partial charge in [-0.2, -0.15) is 0 Å². The van der Waals surface area contributed by atoms with Gasteiger partial charge in [0, 0.05) is 0 Å². The van der Waals surface area contributed by atoms with E-state index in [1.165, 1.54) is 237 Å². The summed E-state index contributed by atoms with van der Waals surface area (Å²) in [4.78, 5) is 3.76. The van der Waals surface area contributed by atoms with Gasteiger partial charge in [0.1, 0.15) is 12.4 Å². The van der Waals surface area contributed by atoms with Crippen molar-refractivity contribution in [2.45, 2.75) is 271 Å². The van der Waals surface area contributed by atoms with Crippen molar-refractivity contribution in [1.82, 2.24) is 4.98 Å². The summed E-state index contributed by atoms with van der Waals surface area (Å²) >= 11 is 0. The molecule has 0 saturated carbocycles. The third kappa shape index (κ3) is 26.7. The van der Waals surface area contributed by atoms with Gasteiger partial charge in [-0.1, -0.05) is 226 Å². The highest BCUT2D eigenvalue weighted by atomic mass is 15.1. The molecule has 1 aromatic heterocycles. The number of hydrogen-bond acceptors (Lipinski definition) is 0. The maximum atomic E-state index is 3.76. The molecule has 0 aliphatic carbocycles. The minimum atomic E-state index is 0.618. The van der Waals surface area contributed by atoms with Crippen LogP contribution in [-0.4, -0.2) is 4.98 Å². The van der Waals surface area contributed by atoms with E-state index in [9.17, 15) is 0 Å². The van der Waals surface area contributed by atoms with Crippen molar-refractivity contribution in [2.75, 3.05) is 0 Å². The van der Waals surface area contributed by atoms with Crippen LogP contribution in [0, 0.1) is 0 Å². The molecule has 47 heavy (non-hydrogen) atoms. The quantitative estimate of drug-likeness (QED) is 0.0539. The fraction of sp³-hybridized carbons (Fsp3) is 0.933. The summed E-state index contributed by atoms with van der Waals surface area (Å²) in [7, 11) is 0. The number of aromatic amines is 1. The van der Waals surface area contributed by atoms with Crippen LogP contribution in [0.1, 0.15) is 277 Å². The Morgan fingerprint density at radius 3 is 1.00 bits per heavy atom. The predicted molar refractivity (Wildman–Crippen MR) is 212 cm³/mol. The van der Waals surface area contributed by atoms with Crippen LogP contribution < -0.4 is 4.57 Å². The van der Waals surface area contributed by atoms with E-state index in [4.69, 9.17) is 0 Å². The normalized spacial score (nSPS) is 13.0. The second-order valence-corrected chi connectivity index (χ2v) is 15.8. The molecule has 0 spiro atoms. The molecule has 2 heteroatoms. The van der Waals surface area contributed by atoms with Gasteiger partial charge in [0.05, 0.1) is 12.0 Å². The summed E-state index contributed by atoms with van der Waals surface area (Å²) in [5.41, 5.74) is 0. The largest absolute Gasteiger partial charge is 0.257 e. The Morgan fingerprint density at radius 2 is 0.681 bits per heavy atom. The van der Waals surface area contributed by atoms with Gasteiger partial charge < -0.3 is 0 Å². The highest BCUT2D eigenvalue weighted by molar-refractivity contribution is 4.90. The maximum absolute atomic E-state index is 3.76. The molecule has 1 heterocycles. The Kier molecular flexibility index (Phi) is 33.0. The first-order valence-electron chi connectivity index (χ1n) is 22.3. The van der Waals surface area contributed by atoms with Gasteiger partial charge in [0.2, 0.25) is 0 Å². The zero-order valence-electron chi connectivity index (χ0n) is 33.2. The number of nitrogens with one attached hydrogen (secondary N) is 1. The molecule has 278 valence electrons. The molecular formula is C45H89N2+. The minimum absolute atomic E-state index is 0.618. The van der Waals surface area contributed by atoms with Gasteiger partial charge in [0.15, 0.2) is 0 Å². The smallest absolute Gasteiger partial charge is 0.247 e. The molecule has 0 bridgehead atoms. The standard InChI is InChI=1S/C45H88N2/c1-5-8-11-14-17-19-21-23-24-25-26-28-30-32-35-38-43(4)47-42-41-46-45(47)44(39-36-33-16-13-10-7-3)40-37-34-31-29-27-22-20-18-15-12-9-6-2/h41-44H,5-40H2,1-4H3/p+1. The minimum Gasteiger partial charge on any atom is -0.247 e. The predicted octanol–water partition coefficient (Wildman–Crippen LogP) is 16.1. The lowest BCUT2D eigenvalue weighted by molar-refractivity contribution is -0.727. The van der Waals surface area contributed by atoms with Gasteiger partial charge in [-0.3, -0.25) is 0 Å². The summed E-state index contributed by atoms with van der Waals surface area (Å²) in [6, 6.07) is 0.618. The summed E-state index contributed by atoms with van der Waals surface area (Å²) in [6.45, 7) is 9.43. The summed E-state index contributed by atoms with van der Waals surface area (Å²) in [6.07, 6.45) is 56.1. The number of hydrogen-bond donors (Lipinski definition) is 1. The van der Waals surface area contributed by atoms with E-state index in [1.807, 2.05) is 0 Å². The summed E-state index contributed by atoms with van der Waals surface area (Å²) < 4.78 is 2.64. The summed E-state index contributed by atoms with van der Waals surface area (Å²) in [5.74, 6) is 2.25. The maximum Gasteiger partial charge on any atom is 0.257 e. The Labute approximate surface area is 297 Å². The molecule has 1 aromatic rings. The van der Waals surface area contributed by atoms with Crippen molar-refractivity contribution in [3.8, 4) is 0 Å². The second-order valence-electron chi connectivity index (χ2n) is 15.8. The molecule has 2 unspecified atom stereocenters. The molecule has 0 radical (unpaired) electrons. The van der Waals surface area contributed by atoms with Crippen LogP contribution in [0.5, 0.6) is 0 Å². The van der Waals surface area contributed by atoms with E-state index in [1.54, 1.807) is 0 Å². The van der Waals surface area contributed by atoms with Crippen molar-refractivity contribution in [2.24, 2.45) is 0 Å². The van der Waals surface area contributed by atoms with Gasteiger partial charge >= 0.3 is 0 Å². The van der Waals surface area contributed by atoms with Crippen LogP contribution in [-0.2, 0) is 0 Å². The van der Waals surface area contributed by atoms with Crippen LogP contribution >= 0.6 is 0 Å². The Balaban J connectivity index is 2.29. The second kappa shape index (κ2) is 35.1. The summed E-state index contributed by atoms with van der Waals surface area (Å²) in [5, 5.41) is 0. The SMILES string of the molecule is CCCCCCCCCCCCCCCCCC(C)[n+]1cc[nH]c1C(CCCCCCCC)CCCCCCCCCCCCCC. The topological polar surface area (TPSA) is 19.7 Å². The Bertz CT molecular complexity index is 723. The van der Waals surface area contributed by atoms with Gasteiger partial charge in [0.25, 0.3) is 5.82 Å². The number of imidazole rings is 1. The van der Waals surface area contributed by atoms with Gasteiger partial charge in [-0.05, 0) is 32.6 Å². The molecule has 2 atom stereocenters. The van der Waals surface area contributed by atoms with E-state index < -0.39 is 0 Å². The van der Waals surface area contributed by atoms with E-state index in [0.29, 0.717) is 12.0 Å². The molecule has 0 aliphatic heterocycles. The van der Waals surface area contributed by atoms with E-state index >= 15 is 0 Å². The van der Waals surface area contributed by atoms with E-state index in [0.717, 1.165) is 0 Å². The zero-order chi connectivity index (χ0) is 33.9. The number of H-pyrrole nitrogens is 1. The zero-order valence-corrected chi connectivity index (χ0v) is 33.2. The third-order valence-corrected chi connectivity index (χ3v) is 11.1. The van der Waals surface area contributed by atoms with Gasteiger partial charge in [-0.25, -0.2) is 9.55 Å². The van der Waals surface area contributed by atoms with E-state index in [-0.39, 0.29) is 0 Å². The van der Waals surface area contributed by atoms with Crippen molar-refractivity contribution < 1.29 is 4.57 Å². The fourth-order valence-electron chi connectivity index (χ4n) is 7.84.